The first-order chi connectivity index (χ1) is 16.8. The smallest absolute Gasteiger partial charge is 0.381 e. The number of nitrogens with zero attached hydrogens (tertiary/aromatic N) is 3. The largest absolute Gasteiger partial charge is 0.471 e. The minimum atomic E-state index is -5.04. The highest BCUT2D eigenvalue weighted by Gasteiger charge is 2.63. The summed E-state index contributed by atoms with van der Waals surface area (Å²) >= 11 is 0. The van der Waals surface area contributed by atoms with E-state index < -0.39 is 47.4 Å². The van der Waals surface area contributed by atoms with Gasteiger partial charge in [-0.25, -0.2) is 0 Å². The van der Waals surface area contributed by atoms with Gasteiger partial charge in [0.15, 0.2) is 0 Å². The van der Waals surface area contributed by atoms with Crippen LogP contribution in [0.4, 0.5) is 32.0 Å². The van der Waals surface area contributed by atoms with Crippen molar-refractivity contribution in [2.75, 3.05) is 18.6 Å². The van der Waals surface area contributed by atoms with Gasteiger partial charge in [-0.1, -0.05) is 6.92 Å². The second kappa shape index (κ2) is 8.49. The number of rotatable bonds is 2. The Labute approximate surface area is 203 Å². The molecule has 1 saturated carbocycles. The minimum Gasteiger partial charge on any atom is -0.381 e. The van der Waals surface area contributed by atoms with Crippen LogP contribution < -0.4 is 5.43 Å². The molecule has 198 valence electrons. The third-order valence-electron chi connectivity index (χ3n) is 8.34. The molecule has 1 aromatic rings. The second-order valence-corrected chi connectivity index (χ2v) is 10.2. The van der Waals surface area contributed by atoms with E-state index in [0.717, 1.165) is 17.2 Å². The molecule has 0 aromatic carbocycles. The lowest BCUT2D eigenvalue weighted by atomic mass is 9.73. The number of fused-ring (bicyclic) bond motifs is 2. The van der Waals surface area contributed by atoms with E-state index in [9.17, 15) is 35.9 Å². The molecule has 0 radical (unpaired) electrons. The lowest BCUT2D eigenvalue weighted by molar-refractivity contribution is -0.192. The van der Waals surface area contributed by atoms with E-state index in [1.165, 1.54) is 5.01 Å². The van der Waals surface area contributed by atoms with Crippen LogP contribution in [0.25, 0.3) is 0 Å². The number of ether oxygens (including phenoxy) is 1. The number of carbonyl (C=O) groups is 2. The molecule has 1 aliphatic carbocycles. The van der Waals surface area contributed by atoms with Gasteiger partial charge in [0.1, 0.15) is 0 Å². The van der Waals surface area contributed by atoms with Crippen LogP contribution in [-0.2, 0) is 26.9 Å². The number of aromatic nitrogens is 1. The molecule has 1 aromatic heterocycles. The first kappa shape index (κ1) is 25.1. The van der Waals surface area contributed by atoms with Crippen molar-refractivity contribution in [2.24, 2.45) is 11.3 Å². The Hall–Kier alpha value is -2.57. The van der Waals surface area contributed by atoms with E-state index in [2.05, 4.69) is 10.4 Å². The molecule has 1 spiro atoms. The van der Waals surface area contributed by atoms with Crippen molar-refractivity contribution in [3.63, 3.8) is 0 Å². The van der Waals surface area contributed by atoms with Crippen molar-refractivity contribution in [1.82, 2.24) is 14.9 Å². The highest BCUT2D eigenvalue weighted by molar-refractivity contribution is 5.89. The van der Waals surface area contributed by atoms with Crippen molar-refractivity contribution in [3.8, 4) is 0 Å². The van der Waals surface area contributed by atoms with Crippen LogP contribution in [0.5, 0.6) is 0 Å². The molecule has 13 heteroatoms. The summed E-state index contributed by atoms with van der Waals surface area (Å²) in [5.41, 5.74) is 1.32. The Morgan fingerprint density at radius 3 is 2.50 bits per heavy atom. The van der Waals surface area contributed by atoms with Gasteiger partial charge in [0, 0.05) is 37.9 Å². The molecule has 3 aliphatic heterocycles. The predicted molar refractivity (Wildman–Crippen MR) is 113 cm³/mol. The number of alkyl halides is 6. The molecule has 2 amide bonds. The average molecular weight is 520 g/mol. The molecule has 2 unspecified atom stereocenters. The summed E-state index contributed by atoms with van der Waals surface area (Å²) in [5.74, 6) is -2.57. The minimum absolute atomic E-state index is 0.0679. The molecule has 1 N–H and O–H groups in total. The molecular weight excluding hydrogens is 494 g/mol. The number of nitrogens with one attached hydrogen (secondary N) is 1. The summed E-state index contributed by atoms with van der Waals surface area (Å²) in [4.78, 5) is 31.0. The van der Waals surface area contributed by atoms with Crippen molar-refractivity contribution in [3.05, 3.63) is 23.5 Å². The zero-order chi connectivity index (χ0) is 26.0. The highest BCUT2D eigenvalue weighted by Crippen LogP contribution is 2.55. The quantitative estimate of drug-likeness (QED) is 0.599. The van der Waals surface area contributed by atoms with Crippen LogP contribution in [0.3, 0.4) is 0 Å². The van der Waals surface area contributed by atoms with E-state index >= 15 is 0 Å². The molecule has 3 fully saturated rings. The van der Waals surface area contributed by atoms with Crippen molar-refractivity contribution < 1.29 is 40.7 Å². The number of halogens is 6. The zero-order valence-corrected chi connectivity index (χ0v) is 19.5. The van der Waals surface area contributed by atoms with Gasteiger partial charge in [0.2, 0.25) is 5.91 Å². The molecular formula is C23H26F6N4O3. The van der Waals surface area contributed by atoms with E-state index in [1.54, 1.807) is 0 Å². The normalized spacial score (nSPS) is 30.8. The summed E-state index contributed by atoms with van der Waals surface area (Å²) in [6, 6.07) is -0.904. The van der Waals surface area contributed by atoms with Crippen LogP contribution in [-0.4, -0.2) is 64.2 Å². The monoisotopic (exact) mass is 520 g/mol. The number of pyridine rings is 1. The molecule has 4 heterocycles. The van der Waals surface area contributed by atoms with Crippen LogP contribution in [0.15, 0.2) is 12.3 Å². The third kappa shape index (κ3) is 3.99. The Morgan fingerprint density at radius 1 is 1.17 bits per heavy atom. The predicted octanol–water partition coefficient (Wildman–Crippen LogP) is 3.94. The molecule has 36 heavy (non-hydrogen) atoms. The molecule has 2 saturated heterocycles. The summed E-state index contributed by atoms with van der Waals surface area (Å²) in [6.07, 6.45) is -7.49. The van der Waals surface area contributed by atoms with E-state index in [0.29, 0.717) is 5.69 Å². The summed E-state index contributed by atoms with van der Waals surface area (Å²) in [7, 11) is 0. The maximum Gasteiger partial charge on any atom is 0.471 e. The van der Waals surface area contributed by atoms with Crippen molar-refractivity contribution in [1.29, 1.82) is 0 Å². The van der Waals surface area contributed by atoms with Gasteiger partial charge in [-0.05, 0) is 44.1 Å². The van der Waals surface area contributed by atoms with Gasteiger partial charge < -0.3 is 9.64 Å². The lowest BCUT2D eigenvalue weighted by Crippen LogP contribution is -2.53. The van der Waals surface area contributed by atoms with Crippen LogP contribution >= 0.6 is 0 Å². The number of anilines is 1. The topological polar surface area (TPSA) is 74.8 Å². The summed E-state index contributed by atoms with van der Waals surface area (Å²) in [5, 5.41) is 1.32. The number of hydrogen-bond donors (Lipinski definition) is 1. The first-order valence-electron chi connectivity index (χ1n) is 12.0. The molecule has 4 aliphatic rings. The number of amides is 2. The summed E-state index contributed by atoms with van der Waals surface area (Å²) in [6.45, 7) is 2.35. The van der Waals surface area contributed by atoms with Gasteiger partial charge in [-0.2, -0.15) is 26.3 Å². The van der Waals surface area contributed by atoms with Crippen LogP contribution in [0.1, 0.15) is 50.3 Å². The maximum absolute atomic E-state index is 13.7. The van der Waals surface area contributed by atoms with Crippen molar-refractivity contribution >= 4 is 17.5 Å². The van der Waals surface area contributed by atoms with E-state index in [-0.39, 0.29) is 69.3 Å². The molecule has 5 rings (SSSR count). The standard InChI is InChI=1S/C23H26F6N4O3/c1-12-18-9-16-17(8-13(11-30-16)22(24,25)26)31-33(18)19(34)21(12)5-2-15(10-21)32(20(35)23(27,28)29)14-3-6-36-7-4-14/h8,11-12,14-15,18,31H,2-7,9-10H2,1H3/t12?,15-,18?,21+/m1/s1. The second-order valence-electron chi connectivity index (χ2n) is 10.2. The fraction of sp³-hybridized carbons (Fsp3) is 0.696. The Bertz CT molecular complexity index is 1060. The van der Waals surface area contributed by atoms with Gasteiger partial charge in [0.05, 0.1) is 28.4 Å². The summed E-state index contributed by atoms with van der Waals surface area (Å²) < 4.78 is 85.4. The SMILES string of the molecule is CC1C2Cc3ncc(C(F)(F)F)cc3NN2C(=O)[C@]12CC[C@@H](N(C(=O)C(F)(F)F)C1CCOCC1)C2. The van der Waals surface area contributed by atoms with Gasteiger partial charge in [0.25, 0.3) is 0 Å². The highest BCUT2D eigenvalue weighted by atomic mass is 19.4. The Balaban J connectivity index is 1.41. The maximum atomic E-state index is 13.7. The number of hydrazine groups is 1. The average Bonchev–Trinajstić information content (AvgIpc) is 3.34. The van der Waals surface area contributed by atoms with Gasteiger partial charge >= 0.3 is 18.3 Å². The molecule has 7 nitrogen and oxygen atoms in total. The fourth-order valence-corrected chi connectivity index (χ4v) is 6.45. The Kier molecular flexibility index (Phi) is 5.92. The third-order valence-corrected chi connectivity index (χ3v) is 8.34. The number of carbonyl (C=O) groups excluding carboxylic acids is 2. The van der Waals surface area contributed by atoms with Crippen LogP contribution in [0.2, 0.25) is 0 Å². The first-order valence-corrected chi connectivity index (χ1v) is 12.0. The van der Waals surface area contributed by atoms with Crippen LogP contribution in [0, 0.1) is 11.3 Å². The molecule has 0 bridgehead atoms. The van der Waals surface area contributed by atoms with Gasteiger partial charge in [-0.3, -0.25) is 25.0 Å². The van der Waals surface area contributed by atoms with E-state index in [4.69, 9.17) is 4.74 Å². The lowest BCUT2D eigenvalue weighted by Gasteiger charge is -2.39. The zero-order valence-electron chi connectivity index (χ0n) is 19.5. The number of hydrogen-bond acceptors (Lipinski definition) is 5. The van der Waals surface area contributed by atoms with Gasteiger partial charge in [-0.15, -0.1) is 0 Å². The Morgan fingerprint density at radius 2 is 1.86 bits per heavy atom. The molecule has 4 atom stereocenters. The fourth-order valence-electron chi connectivity index (χ4n) is 6.45. The van der Waals surface area contributed by atoms with Crippen molar-refractivity contribution in [2.45, 2.75) is 75.9 Å². The van der Waals surface area contributed by atoms with E-state index in [1.807, 2.05) is 6.92 Å².